The quantitative estimate of drug-likeness (QED) is 0.630. The van der Waals surface area contributed by atoms with Gasteiger partial charge in [0.25, 0.3) is 0 Å². The maximum absolute atomic E-state index is 3.46. The van der Waals surface area contributed by atoms with E-state index in [1.807, 2.05) is 19.2 Å². The van der Waals surface area contributed by atoms with E-state index in [1.165, 1.54) is 5.56 Å². The molecule has 1 rings (SSSR count). The van der Waals surface area contributed by atoms with Gasteiger partial charge in [-0.1, -0.05) is 27.8 Å². The van der Waals surface area contributed by atoms with Crippen LogP contribution < -0.4 is 5.32 Å². The lowest BCUT2D eigenvalue weighted by molar-refractivity contribution is 0.818. The van der Waals surface area contributed by atoms with E-state index in [1.54, 1.807) is 0 Å². The molecule has 1 nitrogen and oxygen atoms in total. The first-order valence-electron chi connectivity index (χ1n) is 4.63. The van der Waals surface area contributed by atoms with Crippen LogP contribution in [0.1, 0.15) is 17.5 Å². The molecule has 0 bridgehead atoms. The Morgan fingerprint density at radius 1 is 1.43 bits per heavy atom. The van der Waals surface area contributed by atoms with Crippen LogP contribution in [0.25, 0.3) is 0 Å². The highest BCUT2D eigenvalue weighted by atomic mass is 79.9. The van der Waals surface area contributed by atoms with E-state index in [4.69, 9.17) is 0 Å². The average molecular weight is 252 g/mol. The minimum absolute atomic E-state index is 0.894. The molecular formula is C12H14BrN. The fraction of sp³-hybridized carbons (Fsp3) is 0.333. The molecule has 1 aromatic rings. The van der Waals surface area contributed by atoms with E-state index in [-0.39, 0.29) is 0 Å². The molecule has 0 heterocycles. The minimum Gasteiger partial charge on any atom is -0.319 e. The second kappa shape index (κ2) is 5.85. The summed E-state index contributed by atoms with van der Waals surface area (Å²) in [5.41, 5.74) is 2.31. The maximum atomic E-state index is 3.46. The third-order valence-corrected chi connectivity index (χ3v) is 2.78. The molecule has 1 N–H and O–H groups in total. The second-order valence-electron chi connectivity index (χ2n) is 3.12. The molecule has 1 aromatic carbocycles. The Hall–Kier alpha value is -0.780. The van der Waals surface area contributed by atoms with Crippen LogP contribution in [-0.4, -0.2) is 13.6 Å². The van der Waals surface area contributed by atoms with Gasteiger partial charge in [0.1, 0.15) is 0 Å². The molecule has 0 unspecified atom stereocenters. The number of aryl methyl sites for hydroxylation is 1. The fourth-order valence-electron chi connectivity index (χ4n) is 1.07. The molecule has 0 atom stereocenters. The van der Waals surface area contributed by atoms with Crippen LogP contribution in [0.2, 0.25) is 0 Å². The Balaban J connectivity index is 2.66. The monoisotopic (exact) mass is 251 g/mol. The number of hydrogen-bond donors (Lipinski definition) is 1. The fourth-order valence-corrected chi connectivity index (χ4v) is 1.32. The lowest BCUT2D eigenvalue weighted by Crippen LogP contribution is -2.05. The molecule has 0 saturated heterocycles. The third kappa shape index (κ3) is 3.53. The van der Waals surface area contributed by atoms with Crippen molar-refractivity contribution in [3.63, 3.8) is 0 Å². The van der Waals surface area contributed by atoms with Gasteiger partial charge in [-0.25, -0.2) is 0 Å². The first-order valence-corrected chi connectivity index (χ1v) is 5.43. The van der Waals surface area contributed by atoms with E-state index in [0.717, 1.165) is 23.0 Å². The number of benzene rings is 1. The van der Waals surface area contributed by atoms with Crippen molar-refractivity contribution in [1.29, 1.82) is 0 Å². The van der Waals surface area contributed by atoms with Gasteiger partial charge in [0, 0.05) is 23.0 Å². The summed E-state index contributed by atoms with van der Waals surface area (Å²) in [6.07, 6.45) is 0.894. The molecule has 0 fully saturated rings. The van der Waals surface area contributed by atoms with Crippen molar-refractivity contribution in [2.45, 2.75) is 13.3 Å². The van der Waals surface area contributed by atoms with Crippen molar-refractivity contribution in [2.24, 2.45) is 0 Å². The molecule has 74 valence electrons. The smallest absolute Gasteiger partial charge is 0.0248 e. The minimum atomic E-state index is 0.894. The first kappa shape index (κ1) is 11.3. The normalized spacial score (nSPS) is 9.36. The number of halogens is 1. The summed E-state index contributed by atoms with van der Waals surface area (Å²) in [6, 6.07) is 6.16. The topological polar surface area (TPSA) is 12.0 Å². The molecular weight excluding hydrogens is 238 g/mol. The maximum Gasteiger partial charge on any atom is 0.0248 e. The van der Waals surface area contributed by atoms with E-state index < -0.39 is 0 Å². The molecule has 14 heavy (non-hydrogen) atoms. The van der Waals surface area contributed by atoms with Gasteiger partial charge >= 0.3 is 0 Å². The largest absolute Gasteiger partial charge is 0.319 e. The predicted octanol–water partition coefficient (Wildman–Crippen LogP) is 2.72. The van der Waals surface area contributed by atoms with E-state index in [9.17, 15) is 0 Å². The van der Waals surface area contributed by atoms with Crippen molar-refractivity contribution in [1.82, 2.24) is 5.32 Å². The third-order valence-electron chi connectivity index (χ3n) is 1.89. The standard InChI is InChI=1S/C12H14BrN/c1-10-9-11(6-7-12(10)13)5-3-4-8-14-2/h6-7,9,14H,4,8H2,1-2H3. The van der Waals surface area contributed by atoms with Crippen LogP contribution >= 0.6 is 15.9 Å². The zero-order valence-electron chi connectivity index (χ0n) is 8.52. The summed E-state index contributed by atoms with van der Waals surface area (Å²) in [5, 5.41) is 3.06. The van der Waals surface area contributed by atoms with E-state index in [2.05, 4.69) is 46.1 Å². The van der Waals surface area contributed by atoms with Gasteiger partial charge in [-0.2, -0.15) is 0 Å². The molecule has 0 spiro atoms. The molecule has 0 amide bonds. The average Bonchev–Trinajstić information content (AvgIpc) is 2.18. The van der Waals surface area contributed by atoms with Gasteiger partial charge in [0.05, 0.1) is 0 Å². The molecule has 0 aliphatic carbocycles. The Morgan fingerprint density at radius 3 is 2.86 bits per heavy atom. The number of nitrogens with one attached hydrogen (secondary N) is 1. The highest BCUT2D eigenvalue weighted by molar-refractivity contribution is 9.10. The van der Waals surface area contributed by atoms with Gasteiger partial charge < -0.3 is 5.32 Å². The summed E-state index contributed by atoms with van der Waals surface area (Å²) in [6.45, 7) is 3.02. The van der Waals surface area contributed by atoms with Crippen molar-refractivity contribution in [3.8, 4) is 11.8 Å². The summed E-state index contributed by atoms with van der Waals surface area (Å²) < 4.78 is 1.14. The molecule has 0 radical (unpaired) electrons. The molecule has 0 saturated carbocycles. The van der Waals surface area contributed by atoms with Crippen LogP contribution in [-0.2, 0) is 0 Å². The Labute approximate surface area is 94.0 Å². The number of hydrogen-bond acceptors (Lipinski definition) is 1. The van der Waals surface area contributed by atoms with E-state index >= 15 is 0 Å². The zero-order chi connectivity index (χ0) is 10.4. The zero-order valence-corrected chi connectivity index (χ0v) is 10.1. The van der Waals surface area contributed by atoms with Gasteiger partial charge in [-0.05, 0) is 37.7 Å². The second-order valence-corrected chi connectivity index (χ2v) is 3.97. The van der Waals surface area contributed by atoms with Crippen molar-refractivity contribution in [2.75, 3.05) is 13.6 Å². The lowest BCUT2D eigenvalue weighted by Gasteiger charge is -1.97. The van der Waals surface area contributed by atoms with E-state index in [0.29, 0.717) is 0 Å². The Kier molecular flexibility index (Phi) is 4.72. The molecule has 0 aromatic heterocycles. The summed E-state index contributed by atoms with van der Waals surface area (Å²) in [5.74, 6) is 6.26. The highest BCUT2D eigenvalue weighted by Crippen LogP contribution is 2.16. The highest BCUT2D eigenvalue weighted by Gasteiger charge is 1.93. The molecule has 0 aliphatic rings. The lowest BCUT2D eigenvalue weighted by atomic mass is 10.1. The molecule has 0 aliphatic heterocycles. The predicted molar refractivity (Wildman–Crippen MR) is 64.3 cm³/mol. The van der Waals surface area contributed by atoms with Crippen molar-refractivity contribution < 1.29 is 0 Å². The van der Waals surface area contributed by atoms with Gasteiger partial charge in [0.15, 0.2) is 0 Å². The summed E-state index contributed by atoms with van der Waals surface area (Å²) in [7, 11) is 1.94. The van der Waals surface area contributed by atoms with Crippen molar-refractivity contribution in [3.05, 3.63) is 33.8 Å². The Bertz CT molecular complexity index is 360. The van der Waals surface area contributed by atoms with Crippen molar-refractivity contribution >= 4 is 15.9 Å². The van der Waals surface area contributed by atoms with Crippen LogP contribution in [0.5, 0.6) is 0 Å². The van der Waals surface area contributed by atoms with Gasteiger partial charge in [0.2, 0.25) is 0 Å². The number of rotatable bonds is 2. The van der Waals surface area contributed by atoms with Gasteiger partial charge in [-0.3, -0.25) is 0 Å². The Morgan fingerprint density at radius 2 is 2.21 bits per heavy atom. The first-order chi connectivity index (χ1) is 6.74. The van der Waals surface area contributed by atoms with Gasteiger partial charge in [-0.15, -0.1) is 0 Å². The SMILES string of the molecule is CNCCC#Cc1ccc(Br)c(C)c1. The van der Waals surface area contributed by atoms with Crippen LogP contribution in [0.3, 0.4) is 0 Å². The van der Waals surface area contributed by atoms with Crippen LogP contribution in [0, 0.1) is 18.8 Å². The molecule has 2 heteroatoms. The summed E-state index contributed by atoms with van der Waals surface area (Å²) in [4.78, 5) is 0. The summed E-state index contributed by atoms with van der Waals surface area (Å²) >= 11 is 3.46. The van der Waals surface area contributed by atoms with Crippen LogP contribution in [0.15, 0.2) is 22.7 Å². The van der Waals surface area contributed by atoms with Crippen LogP contribution in [0.4, 0.5) is 0 Å².